The van der Waals surface area contributed by atoms with Gasteiger partial charge in [-0.1, -0.05) is 0 Å². The summed E-state index contributed by atoms with van der Waals surface area (Å²) >= 11 is 0. The van der Waals surface area contributed by atoms with E-state index in [1.54, 1.807) is 0 Å². The maximum atomic E-state index is 11.5. The van der Waals surface area contributed by atoms with Crippen LogP contribution in [0.1, 0.15) is 26.2 Å². The van der Waals surface area contributed by atoms with E-state index in [1.807, 2.05) is 11.8 Å². The van der Waals surface area contributed by atoms with Crippen LogP contribution in [0.3, 0.4) is 0 Å². The van der Waals surface area contributed by atoms with Crippen molar-refractivity contribution in [2.45, 2.75) is 32.3 Å². The van der Waals surface area contributed by atoms with E-state index < -0.39 is 0 Å². The second-order valence-electron chi connectivity index (χ2n) is 3.60. The van der Waals surface area contributed by atoms with Crippen molar-refractivity contribution in [2.24, 2.45) is 5.73 Å². The highest BCUT2D eigenvalue weighted by Gasteiger charge is 2.22. The standard InChI is InChI=1S/C10H20N2O2/c1-2-14-9-4-3-7-12(8-9)10(13)5-6-11/h9H,2-8,11H2,1H3. The smallest absolute Gasteiger partial charge is 0.223 e. The number of hydrogen-bond acceptors (Lipinski definition) is 3. The molecule has 82 valence electrons. The van der Waals surface area contributed by atoms with E-state index in [1.165, 1.54) is 0 Å². The van der Waals surface area contributed by atoms with Crippen molar-refractivity contribution in [1.82, 2.24) is 4.90 Å². The first-order chi connectivity index (χ1) is 6.77. The number of nitrogens with two attached hydrogens (primary N) is 1. The summed E-state index contributed by atoms with van der Waals surface area (Å²) in [4.78, 5) is 13.4. The van der Waals surface area contributed by atoms with Crippen LogP contribution in [0.25, 0.3) is 0 Å². The minimum Gasteiger partial charge on any atom is -0.377 e. The minimum absolute atomic E-state index is 0.164. The SMILES string of the molecule is CCOC1CCCN(C(=O)CCN)C1. The fourth-order valence-corrected chi connectivity index (χ4v) is 1.82. The Labute approximate surface area is 85.4 Å². The zero-order valence-corrected chi connectivity index (χ0v) is 8.87. The third-order valence-corrected chi connectivity index (χ3v) is 2.49. The molecule has 14 heavy (non-hydrogen) atoms. The van der Waals surface area contributed by atoms with Gasteiger partial charge in [-0.2, -0.15) is 0 Å². The van der Waals surface area contributed by atoms with Crippen LogP contribution in [0.5, 0.6) is 0 Å². The number of amides is 1. The molecule has 0 aromatic rings. The van der Waals surface area contributed by atoms with Crippen LogP contribution in [-0.4, -0.2) is 43.2 Å². The summed E-state index contributed by atoms with van der Waals surface area (Å²) in [6, 6.07) is 0. The monoisotopic (exact) mass is 200 g/mol. The summed E-state index contributed by atoms with van der Waals surface area (Å²) in [5, 5.41) is 0. The summed E-state index contributed by atoms with van der Waals surface area (Å²) < 4.78 is 5.52. The number of ether oxygens (including phenoxy) is 1. The van der Waals surface area contributed by atoms with Crippen molar-refractivity contribution < 1.29 is 9.53 Å². The molecular formula is C10H20N2O2. The predicted octanol–water partition coefficient (Wildman–Crippen LogP) is 0.363. The van der Waals surface area contributed by atoms with Gasteiger partial charge in [0, 0.05) is 32.7 Å². The van der Waals surface area contributed by atoms with Gasteiger partial charge >= 0.3 is 0 Å². The van der Waals surface area contributed by atoms with Gasteiger partial charge in [0.15, 0.2) is 0 Å². The number of carbonyl (C=O) groups excluding carboxylic acids is 1. The Morgan fingerprint density at radius 2 is 2.43 bits per heavy atom. The highest BCUT2D eigenvalue weighted by Crippen LogP contribution is 2.13. The lowest BCUT2D eigenvalue weighted by Crippen LogP contribution is -2.43. The number of rotatable bonds is 4. The summed E-state index contributed by atoms with van der Waals surface area (Å²) in [6.45, 7) is 4.76. The topological polar surface area (TPSA) is 55.6 Å². The lowest BCUT2D eigenvalue weighted by atomic mass is 10.1. The first kappa shape index (κ1) is 11.5. The Morgan fingerprint density at radius 1 is 1.64 bits per heavy atom. The molecule has 0 bridgehead atoms. The normalized spacial score (nSPS) is 22.4. The number of carbonyl (C=O) groups is 1. The van der Waals surface area contributed by atoms with E-state index >= 15 is 0 Å². The van der Waals surface area contributed by atoms with E-state index in [0.717, 1.165) is 32.5 Å². The third kappa shape index (κ3) is 3.27. The van der Waals surface area contributed by atoms with E-state index in [2.05, 4.69) is 0 Å². The highest BCUT2D eigenvalue weighted by molar-refractivity contribution is 5.76. The zero-order valence-electron chi connectivity index (χ0n) is 8.87. The van der Waals surface area contributed by atoms with Gasteiger partial charge in [0.25, 0.3) is 0 Å². The van der Waals surface area contributed by atoms with E-state index in [4.69, 9.17) is 10.5 Å². The number of piperidine rings is 1. The van der Waals surface area contributed by atoms with Crippen molar-refractivity contribution >= 4 is 5.91 Å². The van der Waals surface area contributed by atoms with Gasteiger partial charge in [-0.25, -0.2) is 0 Å². The molecule has 2 N–H and O–H groups in total. The minimum atomic E-state index is 0.164. The van der Waals surface area contributed by atoms with Crippen LogP contribution in [0.2, 0.25) is 0 Å². The molecule has 1 saturated heterocycles. The van der Waals surface area contributed by atoms with Crippen LogP contribution in [0.15, 0.2) is 0 Å². The number of hydrogen-bond donors (Lipinski definition) is 1. The quantitative estimate of drug-likeness (QED) is 0.713. The molecule has 0 radical (unpaired) electrons. The summed E-state index contributed by atoms with van der Waals surface area (Å²) in [5.41, 5.74) is 5.35. The fraction of sp³-hybridized carbons (Fsp3) is 0.900. The van der Waals surface area contributed by atoms with Crippen molar-refractivity contribution in [1.29, 1.82) is 0 Å². The molecule has 1 heterocycles. The average Bonchev–Trinajstić information content (AvgIpc) is 2.19. The highest BCUT2D eigenvalue weighted by atomic mass is 16.5. The Kier molecular flexibility index (Phi) is 4.90. The van der Waals surface area contributed by atoms with Gasteiger partial charge < -0.3 is 15.4 Å². The molecule has 4 nitrogen and oxygen atoms in total. The summed E-state index contributed by atoms with van der Waals surface area (Å²) in [5.74, 6) is 0.164. The molecule has 0 saturated carbocycles. The van der Waals surface area contributed by atoms with Crippen LogP contribution in [-0.2, 0) is 9.53 Å². The molecule has 1 fully saturated rings. The van der Waals surface area contributed by atoms with Crippen molar-refractivity contribution in [3.05, 3.63) is 0 Å². The van der Waals surface area contributed by atoms with Crippen molar-refractivity contribution in [3.63, 3.8) is 0 Å². The van der Waals surface area contributed by atoms with E-state index in [9.17, 15) is 4.79 Å². The first-order valence-electron chi connectivity index (χ1n) is 5.37. The third-order valence-electron chi connectivity index (χ3n) is 2.49. The Balaban J connectivity index is 2.35. The molecule has 1 unspecified atom stereocenters. The van der Waals surface area contributed by atoms with Gasteiger partial charge in [0.05, 0.1) is 6.10 Å². The summed E-state index contributed by atoms with van der Waals surface area (Å²) in [7, 11) is 0. The van der Waals surface area contributed by atoms with Crippen LogP contribution >= 0.6 is 0 Å². The van der Waals surface area contributed by atoms with E-state index in [0.29, 0.717) is 13.0 Å². The zero-order chi connectivity index (χ0) is 10.4. The fourth-order valence-electron chi connectivity index (χ4n) is 1.82. The number of nitrogens with zero attached hydrogens (tertiary/aromatic N) is 1. The molecule has 1 amide bonds. The molecule has 0 aromatic carbocycles. The van der Waals surface area contributed by atoms with Crippen LogP contribution in [0.4, 0.5) is 0 Å². The van der Waals surface area contributed by atoms with Crippen molar-refractivity contribution in [2.75, 3.05) is 26.2 Å². The first-order valence-corrected chi connectivity index (χ1v) is 5.37. The van der Waals surface area contributed by atoms with Gasteiger partial charge in [0.2, 0.25) is 5.91 Å². The predicted molar refractivity (Wildman–Crippen MR) is 54.9 cm³/mol. The molecule has 0 spiro atoms. The second-order valence-corrected chi connectivity index (χ2v) is 3.60. The lowest BCUT2D eigenvalue weighted by molar-refractivity contribution is -0.135. The van der Waals surface area contributed by atoms with Gasteiger partial charge in [-0.3, -0.25) is 4.79 Å². The molecule has 1 atom stereocenters. The van der Waals surface area contributed by atoms with Gasteiger partial charge in [-0.15, -0.1) is 0 Å². The van der Waals surface area contributed by atoms with Gasteiger partial charge in [-0.05, 0) is 19.8 Å². The molecular weight excluding hydrogens is 180 g/mol. The maximum Gasteiger partial charge on any atom is 0.223 e. The molecule has 0 aromatic heterocycles. The molecule has 1 aliphatic rings. The second kappa shape index (κ2) is 5.98. The number of likely N-dealkylation sites (tertiary alicyclic amines) is 1. The van der Waals surface area contributed by atoms with Crippen LogP contribution < -0.4 is 5.73 Å². The van der Waals surface area contributed by atoms with Crippen LogP contribution in [0, 0.1) is 0 Å². The van der Waals surface area contributed by atoms with Gasteiger partial charge in [0.1, 0.15) is 0 Å². The summed E-state index contributed by atoms with van der Waals surface area (Å²) in [6.07, 6.45) is 2.80. The molecule has 1 aliphatic heterocycles. The van der Waals surface area contributed by atoms with E-state index in [-0.39, 0.29) is 12.0 Å². The lowest BCUT2D eigenvalue weighted by Gasteiger charge is -2.32. The largest absolute Gasteiger partial charge is 0.377 e. The van der Waals surface area contributed by atoms with Crippen molar-refractivity contribution in [3.8, 4) is 0 Å². The Hall–Kier alpha value is -0.610. The Morgan fingerprint density at radius 3 is 3.07 bits per heavy atom. The Bertz CT molecular complexity index is 183. The molecule has 4 heteroatoms. The molecule has 1 rings (SSSR count). The molecule has 0 aliphatic carbocycles. The maximum absolute atomic E-state index is 11.5. The average molecular weight is 200 g/mol.